The fourth-order valence-electron chi connectivity index (χ4n) is 3.14. The Kier molecular flexibility index (Phi) is 3.84. The fourth-order valence-corrected chi connectivity index (χ4v) is 3.14. The molecule has 0 atom stereocenters. The molecule has 112 valence electrons. The van der Waals surface area contributed by atoms with Gasteiger partial charge in [-0.25, -0.2) is 4.98 Å². The summed E-state index contributed by atoms with van der Waals surface area (Å²) in [5, 5.41) is 0.903. The van der Waals surface area contributed by atoms with Crippen LogP contribution in [0.5, 0.6) is 11.5 Å². The molecule has 1 aliphatic carbocycles. The van der Waals surface area contributed by atoms with E-state index in [1.807, 2.05) is 12.1 Å². The molecular weight excluding hydrogens is 266 g/mol. The third kappa shape index (κ3) is 2.27. The number of hydrogen-bond acceptors (Lipinski definition) is 5. The highest BCUT2D eigenvalue weighted by Crippen LogP contribution is 2.40. The SMILES string of the molecule is COc1ccc(OC)c2c(NN)c3c(nc12)CCCCC3. The molecular formula is C16H21N3O2. The molecule has 0 fully saturated rings. The highest BCUT2D eigenvalue weighted by Gasteiger charge is 2.21. The second kappa shape index (κ2) is 5.77. The first-order chi connectivity index (χ1) is 10.3. The number of nitrogens with one attached hydrogen (secondary N) is 1. The van der Waals surface area contributed by atoms with Crippen LogP contribution in [0.4, 0.5) is 5.69 Å². The van der Waals surface area contributed by atoms with Crippen LogP contribution < -0.4 is 20.7 Å². The lowest BCUT2D eigenvalue weighted by Gasteiger charge is -2.18. The smallest absolute Gasteiger partial charge is 0.145 e. The minimum Gasteiger partial charge on any atom is -0.496 e. The first-order valence-electron chi connectivity index (χ1n) is 7.33. The Labute approximate surface area is 124 Å². The van der Waals surface area contributed by atoms with Crippen molar-refractivity contribution in [3.05, 3.63) is 23.4 Å². The Hall–Kier alpha value is -2.01. The van der Waals surface area contributed by atoms with Gasteiger partial charge in [-0.05, 0) is 43.4 Å². The number of hydrazine groups is 1. The third-order valence-corrected chi connectivity index (χ3v) is 4.17. The van der Waals surface area contributed by atoms with Gasteiger partial charge in [0.1, 0.15) is 17.0 Å². The largest absolute Gasteiger partial charge is 0.496 e. The van der Waals surface area contributed by atoms with Crippen molar-refractivity contribution in [1.29, 1.82) is 0 Å². The van der Waals surface area contributed by atoms with Crippen molar-refractivity contribution in [3.8, 4) is 11.5 Å². The summed E-state index contributed by atoms with van der Waals surface area (Å²) in [5.74, 6) is 7.34. The van der Waals surface area contributed by atoms with Gasteiger partial charge in [0.25, 0.3) is 0 Å². The monoisotopic (exact) mass is 287 g/mol. The minimum absolute atomic E-state index is 0.745. The number of pyridine rings is 1. The lowest BCUT2D eigenvalue weighted by molar-refractivity contribution is 0.409. The molecule has 0 amide bonds. The zero-order chi connectivity index (χ0) is 14.8. The molecule has 3 rings (SSSR count). The summed E-state index contributed by atoms with van der Waals surface area (Å²) < 4.78 is 11.0. The first kappa shape index (κ1) is 13.9. The van der Waals surface area contributed by atoms with E-state index < -0.39 is 0 Å². The number of fused-ring (bicyclic) bond motifs is 2. The van der Waals surface area contributed by atoms with E-state index in [0.717, 1.165) is 46.6 Å². The van der Waals surface area contributed by atoms with E-state index in [1.54, 1.807) is 14.2 Å². The van der Waals surface area contributed by atoms with Crippen LogP contribution in [0.1, 0.15) is 30.5 Å². The van der Waals surface area contributed by atoms with Crippen molar-refractivity contribution in [2.75, 3.05) is 19.6 Å². The maximum atomic E-state index is 5.83. The number of rotatable bonds is 3. The van der Waals surface area contributed by atoms with Crippen molar-refractivity contribution in [2.45, 2.75) is 32.1 Å². The van der Waals surface area contributed by atoms with Crippen LogP contribution in [-0.4, -0.2) is 19.2 Å². The van der Waals surface area contributed by atoms with Gasteiger partial charge in [0.15, 0.2) is 0 Å². The molecule has 5 nitrogen and oxygen atoms in total. The minimum atomic E-state index is 0.745. The Morgan fingerprint density at radius 3 is 2.48 bits per heavy atom. The average molecular weight is 287 g/mol. The van der Waals surface area contributed by atoms with Crippen LogP contribution in [0.25, 0.3) is 10.9 Å². The second-order valence-electron chi connectivity index (χ2n) is 5.31. The second-order valence-corrected chi connectivity index (χ2v) is 5.31. The molecule has 0 aliphatic heterocycles. The van der Waals surface area contributed by atoms with Crippen molar-refractivity contribution in [3.63, 3.8) is 0 Å². The van der Waals surface area contributed by atoms with Crippen LogP contribution >= 0.6 is 0 Å². The maximum Gasteiger partial charge on any atom is 0.145 e. The molecule has 1 aliphatic rings. The summed E-state index contributed by atoms with van der Waals surface area (Å²) in [5.41, 5.74) is 6.95. The van der Waals surface area contributed by atoms with Crippen LogP contribution in [0.15, 0.2) is 12.1 Å². The molecule has 1 aromatic carbocycles. The van der Waals surface area contributed by atoms with E-state index >= 15 is 0 Å². The van der Waals surface area contributed by atoms with Gasteiger partial charge in [0.2, 0.25) is 0 Å². The third-order valence-electron chi connectivity index (χ3n) is 4.17. The van der Waals surface area contributed by atoms with E-state index in [4.69, 9.17) is 20.3 Å². The molecule has 1 heterocycles. The summed E-state index contributed by atoms with van der Waals surface area (Å²) >= 11 is 0. The van der Waals surface area contributed by atoms with Crippen LogP contribution in [-0.2, 0) is 12.8 Å². The predicted molar refractivity (Wildman–Crippen MR) is 83.9 cm³/mol. The molecule has 2 aromatic rings. The van der Waals surface area contributed by atoms with E-state index in [-0.39, 0.29) is 0 Å². The zero-order valence-electron chi connectivity index (χ0n) is 12.5. The van der Waals surface area contributed by atoms with Gasteiger partial charge >= 0.3 is 0 Å². The summed E-state index contributed by atoms with van der Waals surface area (Å²) in [6.07, 6.45) is 5.55. The van der Waals surface area contributed by atoms with E-state index in [1.165, 1.54) is 24.8 Å². The number of nitrogens with two attached hydrogens (primary N) is 1. The molecule has 0 unspecified atom stereocenters. The number of anilines is 1. The highest BCUT2D eigenvalue weighted by molar-refractivity contribution is 6.01. The summed E-state index contributed by atoms with van der Waals surface area (Å²) in [4.78, 5) is 4.86. The van der Waals surface area contributed by atoms with E-state index in [9.17, 15) is 0 Å². The molecule has 5 heteroatoms. The van der Waals surface area contributed by atoms with Crippen LogP contribution in [0, 0.1) is 0 Å². The molecule has 0 bridgehead atoms. The normalized spacial score (nSPS) is 14.4. The number of benzene rings is 1. The Bertz CT molecular complexity index is 670. The summed E-state index contributed by atoms with van der Waals surface area (Å²) in [6, 6.07) is 3.78. The number of nitrogen functional groups attached to an aromatic ring is 1. The molecule has 0 saturated heterocycles. The van der Waals surface area contributed by atoms with Gasteiger partial charge in [-0.15, -0.1) is 0 Å². The lowest BCUT2D eigenvalue weighted by atomic mass is 10.0. The lowest BCUT2D eigenvalue weighted by Crippen LogP contribution is -2.13. The van der Waals surface area contributed by atoms with E-state index in [2.05, 4.69) is 5.43 Å². The van der Waals surface area contributed by atoms with Crippen molar-refractivity contribution < 1.29 is 9.47 Å². The zero-order valence-corrected chi connectivity index (χ0v) is 12.5. The number of aromatic nitrogens is 1. The quantitative estimate of drug-likeness (QED) is 0.516. The number of nitrogens with zero attached hydrogens (tertiary/aromatic N) is 1. The number of hydrogen-bond donors (Lipinski definition) is 2. The molecule has 0 spiro atoms. The van der Waals surface area contributed by atoms with Crippen molar-refractivity contribution in [1.82, 2.24) is 4.98 Å². The predicted octanol–water partition coefficient (Wildman–Crippen LogP) is 2.81. The Morgan fingerprint density at radius 1 is 1.05 bits per heavy atom. The molecule has 3 N–H and O–H groups in total. The van der Waals surface area contributed by atoms with Gasteiger partial charge < -0.3 is 14.9 Å². The van der Waals surface area contributed by atoms with Gasteiger partial charge in [-0.3, -0.25) is 5.84 Å². The van der Waals surface area contributed by atoms with Gasteiger partial charge in [-0.2, -0.15) is 0 Å². The van der Waals surface area contributed by atoms with Crippen LogP contribution in [0.2, 0.25) is 0 Å². The first-order valence-corrected chi connectivity index (χ1v) is 7.33. The highest BCUT2D eigenvalue weighted by atomic mass is 16.5. The Balaban J connectivity index is 2.38. The number of methoxy groups -OCH3 is 2. The van der Waals surface area contributed by atoms with Gasteiger partial charge in [0, 0.05) is 5.69 Å². The maximum absolute atomic E-state index is 5.83. The van der Waals surface area contributed by atoms with Gasteiger partial charge in [0.05, 0.1) is 25.3 Å². The standard InChI is InChI=1S/C16H21N3O2/c1-20-12-8-9-13(21-2)16-14(12)15(19-17)10-6-4-3-5-7-11(10)18-16/h8-9H,3-7,17H2,1-2H3,(H,18,19). The number of aryl methyl sites for hydroxylation is 1. The van der Waals surface area contributed by atoms with Crippen molar-refractivity contribution in [2.24, 2.45) is 5.84 Å². The fraction of sp³-hybridized carbons (Fsp3) is 0.438. The van der Waals surface area contributed by atoms with Crippen molar-refractivity contribution >= 4 is 16.6 Å². The van der Waals surface area contributed by atoms with Gasteiger partial charge in [-0.1, -0.05) is 6.42 Å². The topological polar surface area (TPSA) is 69.4 Å². The molecule has 0 saturated carbocycles. The number of ether oxygens (including phenoxy) is 2. The summed E-state index contributed by atoms with van der Waals surface area (Å²) in [6.45, 7) is 0. The van der Waals surface area contributed by atoms with Crippen LogP contribution in [0.3, 0.4) is 0 Å². The summed E-state index contributed by atoms with van der Waals surface area (Å²) in [7, 11) is 3.32. The average Bonchev–Trinajstić information content (AvgIpc) is 2.76. The molecule has 0 radical (unpaired) electrons. The Morgan fingerprint density at radius 2 is 1.76 bits per heavy atom. The molecule has 1 aromatic heterocycles. The molecule has 21 heavy (non-hydrogen) atoms. The van der Waals surface area contributed by atoms with E-state index in [0.29, 0.717) is 0 Å².